The molecule has 0 radical (unpaired) electrons. The maximum absolute atomic E-state index is 5.33. The monoisotopic (exact) mass is 347 g/mol. The molecule has 0 aliphatic carbocycles. The third-order valence-electron chi connectivity index (χ3n) is 2.68. The molecule has 3 rings (SSSR count). The minimum Gasteiger partial charge on any atom is -0.378 e. The van der Waals surface area contributed by atoms with Crippen LogP contribution in [0.2, 0.25) is 0 Å². The molecule has 0 spiro atoms. The lowest BCUT2D eigenvalue weighted by atomic mass is 10.3. The van der Waals surface area contributed by atoms with E-state index in [0.717, 1.165) is 42.9 Å². The average Bonchev–Trinajstić information content (AvgIpc) is 2.94. The van der Waals surface area contributed by atoms with E-state index in [1.165, 1.54) is 4.88 Å². The summed E-state index contributed by atoms with van der Waals surface area (Å²) in [6.07, 6.45) is 0. The fourth-order valence-electron chi connectivity index (χ4n) is 1.77. The van der Waals surface area contributed by atoms with Crippen LogP contribution in [0, 0.1) is 0 Å². The maximum atomic E-state index is 5.33. The molecule has 0 N–H and O–H groups in total. The van der Waals surface area contributed by atoms with Crippen molar-refractivity contribution in [2.45, 2.75) is 0 Å². The summed E-state index contributed by atoms with van der Waals surface area (Å²) in [7, 11) is 0. The number of morpholine rings is 1. The number of nitrogens with zero attached hydrogens (tertiary/aromatic N) is 3. The van der Waals surface area contributed by atoms with E-state index in [1.54, 1.807) is 23.1 Å². The normalized spacial score (nSPS) is 19.9. The Bertz CT molecular complexity index is 441. The van der Waals surface area contributed by atoms with Gasteiger partial charge >= 0.3 is 0 Å². The lowest BCUT2D eigenvalue weighted by Crippen LogP contribution is -2.40. The molecule has 4 nitrogen and oxygen atoms in total. The van der Waals surface area contributed by atoms with Gasteiger partial charge in [0, 0.05) is 18.8 Å². The van der Waals surface area contributed by atoms with E-state index in [-0.39, 0.29) is 17.0 Å². The van der Waals surface area contributed by atoms with Gasteiger partial charge in [-0.05, 0) is 11.4 Å². The Morgan fingerprint density at radius 3 is 2.67 bits per heavy atom. The van der Waals surface area contributed by atoms with Gasteiger partial charge in [-0.2, -0.15) is 5.10 Å². The highest BCUT2D eigenvalue weighted by Crippen LogP contribution is 2.21. The molecule has 1 aromatic heterocycles. The molecule has 0 atom stereocenters. The van der Waals surface area contributed by atoms with Crippen LogP contribution in [0.15, 0.2) is 27.7 Å². The predicted molar refractivity (Wildman–Crippen MR) is 83.5 cm³/mol. The number of hydrogen-bond donors (Lipinski definition) is 0. The minimum atomic E-state index is 0. The largest absolute Gasteiger partial charge is 0.378 e. The van der Waals surface area contributed by atoms with E-state index in [2.05, 4.69) is 26.5 Å². The molecule has 0 amide bonds. The first-order valence-corrected chi connectivity index (χ1v) is 7.44. The van der Waals surface area contributed by atoms with Crippen LogP contribution >= 0.6 is 40.1 Å². The van der Waals surface area contributed by atoms with Crippen LogP contribution < -0.4 is 0 Å². The molecule has 0 bridgehead atoms. The molecular weight excluding hydrogens is 334 g/mol. The summed E-state index contributed by atoms with van der Waals surface area (Å²) < 4.78 is 5.33. The molecule has 3 heterocycles. The van der Waals surface area contributed by atoms with E-state index < -0.39 is 0 Å². The molecule has 98 valence electrons. The molecule has 1 aromatic rings. The highest BCUT2D eigenvalue weighted by molar-refractivity contribution is 8.93. The summed E-state index contributed by atoms with van der Waals surface area (Å²) in [6.45, 7) is 3.44. The summed E-state index contributed by atoms with van der Waals surface area (Å²) in [5, 5.41) is 11.8. The summed E-state index contributed by atoms with van der Waals surface area (Å²) in [6, 6.07) is 4.15. The van der Waals surface area contributed by atoms with Gasteiger partial charge in [-0.25, -0.2) is 0 Å². The van der Waals surface area contributed by atoms with Crippen LogP contribution in [0.25, 0.3) is 0 Å². The maximum Gasteiger partial charge on any atom is 0.186 e. The molecule has 0 unspecified atom stereocenters. The van der Waals surface area contributed by atoms with Gasteiger partial charge in [0.2, 0.25) is 0 Å². The molecule has 2 aliphatic heterocycles. The van der Waals surface area contributed by atoms with Crippen LogP contribution in [-0.4, -0.2) is 47.8 Å². The molecule has 0 saturated carbocycles. The number of amidine groups is 1. The van der Waals surface area contributed by atoms with E-state index in [0.29, 0.717) is 0 Å². The van der Waals surface area contributed by atoms with Crippen LogP contribution in [0.5, 0.6) is 0 Å². The quantitative estimate of drug-likeness (QED) is 0.782. The second-order valence-electron chi connectivity index (χ2n) is 3.79. The summed E-state index contributed by atoms with van der Waals surface area (Å²) in [5.41, 5.74) is 1.09. The Hall–Kier alpha value is -0.370. The number of ether oxygens (including phenoxy) is 1. The fourth-order valence-corrected chi connectivity index (χ4v) is 3.51. The van der Waals surface area contributed by atoms with Crippen LogP contribution in [0.1, 0.15) is 4.88 Å². The first-order chi connectivity index (χ1) is 8.43. The van der Waals surface area contributed by atoms with Gasteiger partial charge in [-0.3, -0.25) is 0 Å². The lowest BCUT2D eigenvalue weighted by Gasteiger charge is -2.29. The zero-order valence-electron chi connectivity index (χ0n) is 9.74. The minimum absolute atomic E-state index is 0. The molecule has 7 heteroatoms. The van der Waals surface area contributed by atoms with E-state index in [9.17, 15) is 0 Å². The second-order valence-corrected chi connectivity index (χ2v) is 5.68. The Kier molecular flexibility index (Phi) is 5.23. The predicted octanol–water partition coefficient (Wildman–Crippen LogP) is 2.47. The number of thiophene rings is 1. The third-order valence-corrected chi connectivity index (χ3v) is 4.62. The Morgan fingerprint density at radius 1 is 1.22 bits per heavy atom. The van der Waals surface area contributed by atoms with Crippen molar-refractivity contribution in [1.29, 1.82) is 0 Å². The van der Waals surface area contributed by atoms with Crippen molar-refractivity contribution in [3.63, 3.8) is 0 Å². The van der Waals surface area contributed by atoms with Crippen molar-refractivity contribution in [3.05, 3.63) is 22.4 Å². The van der Waals surface area contributed by atoms with Gasteiger partial charge in [0.15, 0.2) is 5.17 Å². The highest BCUT2D eigenvalue weighted by Gasteiger charge is 2.20. The Labute approximate surface area is 125 Å². The van der Waals surface area contributed by atoms with Gasteiger partial charge < -0.3 is 9.64 Å². The Morgan fingerprint density at radius 2 is 2.06 bits per heavy atom. The summed E-state index contributed by atoms with van der Waals surface area (Å²) in [4.78, 5) is 3.48. The van der Waals surface area contributed by atoms with E-state index in [1.807, 2.05) is 6.07 Å². The average molecular weight is 348 g/mol. The molecule has 2 aliphatic rings. The van der Waals surface area contributed by atoms with Crippen LogP contribution in [-0.2, 0) is 4.74 Å². The smallest absolute Gasteiger partial charge is 0.186 e. The van der Waals surface area contributed by atoms with Gasteiger partial charge in [0.25, 0.3) is 0 Å². The van der Waals surface area contributed by atoms with E-state index >= 15 is 0 Å². The van der Waals surface area contributed by atoms with Crippen molar-refractivity contribution >= 4 is 51.0 Å². The SMILES string of the molecule is Br.c1csc(C2=NN=C(N3CCOCC3)SC2)c1. The third kappa shape index (κ3) is 3.14. The number of halogens is 1. The van der Waals surface area contributed by atoms with Gasteiger partial charge in [0.05, 0.1) is 23.8 Å². The number of thioether (sulfide) groups is 1. The number of rotatable bonds is 1. The molecular formula is C11H14BrN3OS2. The summed E-state index contributed by atoms with van der Waals surface area (Å²) in [5.74, 6) is 0.913. The first-order valence-electron chi connectivity index (χ1n) is 5.57. The van der Waals surface area contributed by atoms with Crippen LogP contribution in [0.4, 0.5) is 0 Å². The standard InChI is InChI=1S/C11H13N3OS2.BrH/c1-2-10(16-7-1)9-8-17-11(13-12-9)14-3-5-15-6-4-14;/h1-2,7H,3-6,8H2;1H. The topological polar surface area (TPSA) is 37.2 Å². The van der Waals surface area contributed by atoms with Crippen molar-refractivity contribution in [3.8, 4) is 0 Å². The van der Waals surface area contributed by atoms with Gasteiger partial charge in [-0.15, -0.1) is 33.4 Å². The lowest BCUT2D eigenvalue weighted by molar-refractivity contribution is 0.0692. The number of hydrogen-bond acceptors (Lipinski definition) is 6. The van der Waals surface area contributed by atoms with Crippen molar-refractivity contribution in [2.75, 3.05) is 32.1 Å². The molecule has 1 fully saturated rings. The van der Waals surface area contributed by atoms with E-state index in [4.69, 9.17) is 4.74 Å². The van der Waals surface area contributed by atoms with Gasteiger partial charge in [-0.1, -0.05) is 17.8 Å². The second kappa shape index (κ2) is 6.70. The van der Waals surface area contributed by atoms with Crippen molar-refractivity contribution in [1.82, 2.24) is 4.90 Å². The van der Waals surface area contributed by atoms with Crippen LogP contribution in [0.3, 0.4) is 0 Å². The van der Waals surface area contributed by atoms with Crippen molar-refractivity contribution < 1.29 is 4.74 Å². The first kappa shape index (κ1) is 14.0. The fraction of sp³-hybridized carbons (Fsp3) is 0.455. The molecule has 1 saturated heterocycles. The molecule has 18 heavy (non-hydrogen) atoms. The molecule has 0 aromatic carbocycles. The van der Waals surface area contributed by atoms with Crippen molar-refractivity contribution in [2.24, 2.45) is 10.2 Å². The Balaban J connectivity index is 0.00000120. The summed E-state index contributed by atoms with van der Waals surface area (Å²) >= 11 is 3.49. The zero-order chi connectivity index (χ0) is 11.5. The highest BCUT2D eigenvalue weighted by atomic mass is 79.9. The van der Waals surface area contributed by atoms with Gasteiger partial charge in [0.1, 0.15) is 0 Å². The zero-order valence-corrected chi connectivity index (χ0v) is 13.1.